The van der Waals surface area contributed by atoms with Crippen molar-refractivity contribution in [2.75, 3.05) is 40.0 Å². The monoisotopic (exact) mass is 385 g/mol. The van der Waals surface area contributed by atoms with Crippen molar-refractivity contribution in [1.82, 2.24) is 4.90 Å². The molecule has 6 nitrogen and oxygen atoms in total. The van der Waals surface area contributed by atoms with Crippen LogP contribution in [0.4, 0.5) is 0 Å². The fraction of sp³-hybridized carbons (Fsp3) is 0.833. The van der Waals surface area contributed by atoms with Crippen molar-refractivity contribution in [3.8, 4) is 0 Å². The lowest BCUT2D eigenvalue weighted by molar-refractivity contribution is -0.140. The second kappa shape index (κ2) is 11.3. The highest BCUT2D eigenvalue weighted by Gasteiger charge is 2.11. The number of ether oxygens (including phenoxy) is 2. The molecule has 112 valence electrons. The number of methoxy groups -OCH3 is 1. The number of nitrogens with zero attached hydrogens (tertiary/aromatic N) is 2. The van der Waals surface area contributed by atoms with Gasteiger partial charge in [-0.2, -0.15) is 0 Å². The van der Waals surface area contributed by atoms with Crippen LogP contribution in [0.1, 0.15) is 25.7 Å². The van der Waals surface area contributed by atoms with Gasteiger partial charge < -0.3 is 20.1 Å². The molecule has 1 heterocycles. The van der Waals surface area contributed by atoms with Gasteiger partial charge in [0.15, 0.2) is 5.96 Å². The number of carbonyl (C=O) groups excluding carboxylic acids is 1. The van der Waals surface area contributed by atoms with E-state index in [1.54, 1.807) is 0 Å². The van der Waals surface area contributed by atoms with E-state index in [-0.39, 0.29) is 29.9 Å². The summed E-state index contributed by atoms with van der Waals surface area (Å²) in [4.78, 5) is 17.2. The quantitative estimate of drug-likeness (QED) is 0.243. The number of nitrogens with two attached hydrogens (primary N) is 1. The minimum absolute atomic E-state index is 0. The molecule has 0 unspecified atom stereocenters. The molecule has 0 aromatic rings. The SMILES string of the molecule is COC(=O)CCCCCN=C(N)N1CCOCC1.I. The molecular weight excluding hydrogens is 361 g/mol. The summed E-state index contributed by atoms with van der Waals surface area (Å²) >= 11 is 0. The smallest absolute Gasteiger partial charge is 0.305 e. The highest BCUT2D eigenvalue weighted by Crippen LogP contribution is 2.02. The summed E-state index contributed by atoms with van der Waals surface area (Å²) < 4.78 is 9.81. The van der Waals surface area contributed by atoms with E-state index in [0.717, 1.165) is 45.6 Å². The summed E-state index contributed by atoms with van der Waals surface area (Å²) in [5, 5.41) is 0. The van der Waals surface area contributed by atoms with Crippen LogP contribution in [0.5, 0.6) is 0 Å². The average molecular weight is 385 g/mol. The molecule has 0 radical (unpaired) electrons. The minimum Gasteiger partial charge on any atom is -0.469 e. The fourth-order valence-electron chi connectivity index (χ4n) is 1.75. The lowest BCUT2D eigenvalue weighted by Crippen LogP contribution is -2.44. The van der Waals surface area contributed by atoms with Gasteiger partial charge >= 0.3 is 5.97 Å². The number of guanidine groups is 1. The number of hydrogen-bond acceptors (Lipinski definition) is 4. The van der Waals surface area contributed by atoms with Gasteiger partial charge in [0.2, 0.25) is 0 Å². The standard InChI is InChI=1S/C12H23N3O3.HI/c1-17-11(16)5-3-2-4-6-14-12(13)15-7-9-18-10-8-15;/h2-10H2,1H3,(H2,13,14);1H. The summed E-state index contributed by atoms with van der Waals surface area (Å²) in [6, 6.07) is 0. The van der Waals surface area contributed by atoms with Gasteiger partial charge in [0.25, 0.3) is 0 Å². The zero-order valence-electron chi connectivity index (χ0n) is 11.5. The van der Waals surface area contributed by atoms with E-state index in [1.165, 1.54) is 7.11 Å². The maximum atomic E-state index is 10.9. The van der Waals surface area contributed by atoms with Crippen molar-refractivity contribution in [3.05, 3.63) is 0 Å². The Kier molecular flexibility index (Phi) is 10.9. The second-order valence-electron chi connectivity index (χ2n) is 4.23. The zero-order valence-corrected chi connectivity index (χ0v) is 13.8. The van der Waals surface area contributed by atoms with Crippen molar-refractivity contribution >= 4 is 35.9 Å². The Morgan fingerprint density at radius 2 is 2.00 bits per heavy atom. The molecule has 0 aromatic heterocycles. The molecule has 0 aromatic carbocycles. The van der Waals surface area contributed by atoms with Crippen molar-refractivity contribution in [2.24, 2.45) is 10.7 Å². The van der Waals surface area contributed by atoms with Crippen LogP contribution < -0.4 is 5.73 Å². The maximum Gasteiger partial charge on any atom is 0.305 e. The highest BCUT2D eigenvalue weighted by molar-refractivity contribution is 14.0. The Labute approximate surface area is 131 Å². The Hall–Kier alpha value is -0.570. The Morgan fingerprint density at radius 3 is 2.63 bits per heavy atom. The number of unbranched alkanes of at least 4 members (excludes halogenated alkanes) is 2. The molecule has 1 aliphatic rings. The minimum atomic E-state index is -0.147. The molecule has 1 rings (SSSR count). The zero-order chi connectivity index (χ0) is 13.2. The molecule has 0 bridgehead atoms. The molecule has 7 heteroatoms. The lowest BCUT2D eigenvalue weighted by atomic mass is 10.2. The van der Waals surface area contributed by atoms with Gasteiger partial charge in [-0.25, -0.2) is 0 Å². The molecule has 0 spiro atoms. The van der Waals surface area contributed by atoms with Crippen molar-refractivity contribution < 1.29 is 14.3 Å². The number of carbonyl (C=O) groups is 1. The fourth-order valence-corrected chi connectivity index (χ4v) is 1.75. The first-order chi connectivity index (χ1) is 8.74. The molecule has 0 amide bonds. The summed E-state index contributed by atoms with van der Waals surface area (Å²) in [5.74, 6) is 0.456. The summed E-state index contributed by atoms with van der Waals surface area (Å²) in [6.07, 6.45) is 3.25. The number of rotatable bonds is 6. The van der Waals surface area contributed by atoms with Crippen LogP contribution in [0, 0.1) is 0 Å². The van der Waals surface area contributed by atoms with E-state index in [4.69, 9.17) is 10.5 Å². The first-order valence-electron chi connectivity index (χ1n) is 6.43. The van der Waals surface area contributed by atoms with Gasteiger partial charge in [0.1, 0.15) is 0 Å². The number of esters is 1. The largest absolute Gasteiger partial charge is 0.469 e. The van der Waals surface area contributed by atoms with E-state index < -0.39 is 0 Å². The van der Waals surface area contributed by atoms with E-state index in [2.05, 4.69) is 9.73 Å². The van der Waals surface area contributed by atoms with Crippen LogP contribution in [0.2, 0.25) is 0 Å². The van der Waals surface area contributed by atoms with Crippen molar-refractivity contribution in [2.45, 2.75) is 25.7 Å². The number of morpholine rings is 1. The molecule has 1 fully saturated rings. The van der Waals surface area contributed by atoms with Crippen molar-refractivity contribution in [1.29, 1.82) is 0 Å². The molecule has 1 saturated heterocycles. The molecule has 0 atom stereocenters. The van der Waals surface area contributed by atoms with Gasteiger partial charge in [0, 0.05) is 26.1 Å². The third-order valence-electron chi connectivity index (χ3n) is 2.88. The van der Waals surface area contributed by atoms with Crippen LogP contribution in [0.3, 0.4) is 0 Å². The van der Waals surface area contributed by atoms with Gasteiger partial charge in [-0.3, -0.25) is 9.79 Å². The predicted octanol–water partition coefficient (Wildman–Crippen LogP) is 0.985. The van der Waals surface area contributed by atoms with Crippen molar-refractivity contribution in [3.63, 3.8) is 0 Å². The Morgan fingerprint density at radius 1 is 1.32 bits per heavy atom. The number of hydrogen-bond donors (Lipinski definition) is 1. The highest BCUT2D eigenvalue weighted by atomic mass is 127. The summed E-state index contributed by atoms with van der Waals surface area (Å²) in [5.41, 5.74) is 5.88. The van der Waals surface area contributed by atoms with Crippen LogP contribution in [-0.4, -0.2) is 56.8 Å². The van der Waals surface area contributed by atoms with Crippen LogP contribution >= 0.6 is 24.0 Å². The van der Waals surface area contributed by atoms with Crippen LogP contribution in [0.15, 0.2) is 4.99 Å². The summed E-state index contributed by atoms with van der Waals surface area (Å²) in [6.45, 7) is 3.78. The second-order valence-corrected chi connectivity index (χ2v) is 4.23. The molecule has 19 heavy (non-hydrogen) atoms. The topological polar surface area (TPSA) is 77.1 Å². The maximum absolute atomic E-state index is 10.9. The molecule has 0 saturated carbocycles. The first kappa shape index (κ1) is 18.4. The molecule has 1 aliphatic heterocycles. The predicted molar refractivity (Wildman–Crippen MR) is 84.8 cm³/mol. The molecule has 2 N–H and O–H groups in total. The number of aliphatic imine (C=N–C) groups is 1. The van der Waals surface area contributed by atoms with Crippen LogP contribution in [0.25, 0.3) is 0 Å². The van der Waals surface area contributed by atoms with E-state index in [9.17, 15) is 4.79 Å². The van der Waals surface area contributed by atoms with Gasteiger partial charge in [-0.1, -0.05) is 6.42 Å². The number of halogens is 1. The van der Waals surface area contributed by atoms with E-state index >= 15 is 0 Å². The third-order valence-corrected chi connectivity index (χ3v) is 2.88. The average Bonchev–Trinajstić information content (AvgIpc) is 2.43. The normalized spacial score (nSPS) is 15.8. The molecule has 0 aliphatic carbocycles. The van der Waals surface area contributed by atoms with Crippen LogP contribution in [-0.2, 0) is 14.3 Å². The van der Waals surface area contributed by atoms with Gasteiger partial charge in [0.05, 0.1) is 20.3 Å². The first-order valence-corrected chi connectivity index (χ1v) is 6.43. The van der Waals surface area contributed by atoms with Gasteiger partial charge in [-0.15, -0.1) is 24.0 Å². The summed E-state index contributed by atoms with van der Waals surface area (Å²) in [7, 11) is 1.41. The lowest BCUT2D eigenvalue weighted by Gasteiger charge is -2.27. The Balaban J connectivity index is 0.00000324. The third kappa shape index (κ3) is 8.25. The van der Waals surface area contributed by atoms with E-state index in [0.29, 0.717) is 18.9 Å². The Bertz CT molecular complexity index is 281. The van der Waals surface area contributed by atoms with Gasteiger partial charge in [-0.05, 0) is 12.8 Å². The van der Waals surface area contributed by atoms with E-state index in [1.807, 2.05) is 4.90 Å². The molecular formula is C12H24IN3O3.